The highest BCUT2D eigenvalue weighted by Gasteiger charge is 2.39. The molecule has 1 aliphatic heterocycles. The molecule has 2 amide bonds. The monoisotopic (exact) mass is 416 g/mol. The van der Waals surface area contributed by atoms with E-state index in [9.17, 15) is 9.59 Å². The molecule has 4 nitrogen and oxygen atoms in total. The van der Waals surface area contributed by atoms with Crippen LogP contribution in [-0.4, -0.2) is 11.8 Å². The number of nitrogens with one attached hydrogen (secondary N) is 1. The predicted molar refractivity (Wildman–Crippen MR) is 109 cm³/mol. The summed E-state index contributed by atoms with van der Waals surface area (Å²) in [5.74, 6) is -1.12. The van der Waals surface area contributed by atoms with Crippen molar-refractivity contribution in [1.29, 1.82) is 0 Å². The van der Waals surface area contributed by atoms with Crippen molar-refractivity contribution in [2.45, 2.75) is 0 Å². The summed E-state index contributed by atoms with van der Waals surface area (Å²) in [7, 11) is 0. The molecule has 0 bridgehead atoms. The smallest absolute Gasteiger partial charge is 0.283 e. The van der Waals surface area contributed by atoms with Crippen molar-refractivity contribution < 1.29 is 9.59 Å². The fourth-order valence-corrected chi connectivity index (χ4v) is 3.46. The molecule has 1 heterocycles. The van der Waals surface area contributed by atoms with E-state index in [0.717, 1.165) is 15.7 Å². The van der Waals surface area contributed by atoms with Gasteiger partial charge in [-0.15, -0.1) is 0 Å². The number of anilines is 2. The Morgan fingerprint density at radius 3 is 2.30 bits per heavy atom. The molecule has 0 aliphatic carbocycles. The van der Waals surface area contributed by atoms with E-state index >= 15 is 0 Å². The average molecular weight is 418 g/mol. The molecule has 0 spiro atoms. The maximum absolute atomic E-state index is 13.0. The Balaban J connectivity index is 1.73. The van der Waals surface area contributed by atoms with Crippen LogP contribution >= 0.6 is 34.8 Å². The van der Waals surface area contributed by atoms with Crippen LogP contribution < -0.4 is 10.2 Å². The quantitative estimate of drug-likeness (QED) is 0.566. The lowest BCUT2D eigenvalue weighted by atomic mass is 10.1. The van der Waals surface area contributed by atoms with Gasteiger partial charge in [0.1, 0.15) is 10.7 Å². The molecule has 3 aromatic rings. The van der Waals surface area contributed by atoms with E-state index in [4.69, 9.17) is 34.8 Å². The van der Waals surface area contributed by atoms with E-state index < -0.39 is 11.8 Å². The Hall–Kier alpha value is -2.53. The number of fused-ring (bicyclic) bond motifs is 1. The van der Waals surface area contributed by atoms with Crippen LogP contribution in [0.15, 0.2) is 71.4 Å². The molecule has 7 heteroatoms. The molecule has 1 N–H and O–H groups in total. The van der Waals surface area contributed by atoms with Gasteiger partial charge in [-0.25, -0.2) is 4.90 Å². The number of nitrogens with zero attached hydrogens (tertiary/aromatic N) is 1. The first kappa shape index (κ1) is 17.9. The van der Waals surface area contributed by atoms with Gasteiger partial charge in [-0.05, 0) is 29.7 Å². The van der Waals surface area contributed by atoms with E-state index in [1.807, 2.05) is 30.3 Å². The van der Waals surface area contributed by atoms with Gasteiger partial charge in [0, 0.05) is 11.1 Å². The summed E-state index contributed by atoms with van der Waals surface area (Å²) in [6.07, 6.45) is 0. The molecule has 27 heavy (non-hydrogen) atoms. The number of hydrogen-bond donors (Lipinski definition) is 1. The van der Waals surface area contributed by atoms with E-state index in [-0.39, 0.29) is 10.7 Å². The standard InChI is InChI=1S/C20H11Cl3N2O2/c21-14-9-8-12(10-15(14)22)24-18-17(23)19(26)25(20(18)27)16-7-3-5-11-4-1-2-6-13(11)16/h1-10,24H. The predicted octanol–water partition coefficient (Wildman–Crippen LogP) is 5.58. The molecular formula is C20H11Cl3N2O2. The van der Waals surface area contributed by atoms with Crippen LogP contribution in [0.3, 0.4) is 0 Å². The fraction of sp³-hybridized carbons (Fsp3) is 0. The first-order chi connectivity index (χ1) is 13.0. The maximum atomic E-state index is 13.0. The van der Waals surface area contributed by atoms with E-state index in [1.54, 1.807) is 30.3 Å². The number of halogens is 3. The van der Waals surface area contributed by atoms with Gasteiger partial charge in [0.15, 0.2) is 0 Å². The summed E-state index contributed by atoms with van der Waals surface area (Å²) in [5, 5.41) is 5.10. The largest absolute Gasteiger partial charge is 0.350 e. The third-order valence-electron chi connectivity index (χ3n) is 4.22. The second-order valence-electron chi connectivity index (χ2n) is 5.89. The highest BCUT2D eigenvalue weighted by atomic mass is 35.5. The Bertz CT molecular complexity index is 1140. The van der Waals surface area contributed by atoms with Gasteiger partial charge in [-0.2, -0.15) is 0 Å². The number of carbonyl (C=O) groups excluding carboxylic acids is 2. The lowest BCUT2D eigenvalue weighted by Gasteiger charge is -2.17. The lowest BCUT2D eigenvalue weighted by Crippen LogP contribution is -2.32. The number of carbonyl (C=O) groups is 2. The molecule has 1 aliphatic rings. The molecule has 0 unspecified atom stereocenters. The normalized spacial score (nSPS) is 14.4. The summed E-state index contributed by atoms with van der Waals surface area (Å²) in [4.78, 5) is 26.8. The van der Waals surface area contributed by atoms with Crippen LogP contribution in [0.4, 0.5) is 11.4 Å². The maximum Gasteiger partial charge on any atom is 0.283 e. The van der Waals surface area contributed by atoms with Crippen LogP contribution in [0.25, 0.3) is 10.8 Å². The molecule has 0 saturated heterocycles. The molecule has 0 saturated carbocycles. The summed E-state index contributed by atoms with van der Waals surface area (Å²) in [6, 6.07) is 17.7. The van der Waals surface area contributed by atoms with E-state index in [2.05, 4.69) is 5.32 Å². The zero-order valence-electron chi connectivity index (χ0n) is 13.7. The summed E-state index contributed by atoms with van der Waals surface area (Å²) >= 11 is 18.1. The third-order valence-corrected chi connectivity index (χ3v) is 5.31. The fourth-order valence-electron chi connectivity index (χ4n) is 2.95. The number of rotatable bonds is 3. The molecule has 4 rings (SSSR count). The summed E-state index contributed by atoms with van der Waals surface area (Å²) < 4.78 is 0. The molecule has 3 aromatic carbocycles. The van der Waals surface area contributed by atoms with Gasteiger partial charge in [0.05, 0.1) is 15.7 Å². The zero-order valence-corrected chi connectivity index (χ0v) is 15.9. The molecular weight excluding hydrogens is 407 g/mol. The second-order valence-corrected chi connectivity index (χ2v) is 7.08. The van der Waals surface area contributed by atoms with E-state index in [0.29, 0.717) is 21.4 Å². The van der Waals surface area contributed by atoms with Crippen LogP contribution in [-0.2, 0) is 9.59 Å². The first-order valence-electron chi connectivity index (χ1n) is 7.96. The van der Waals surface area contributed by atoms with Crippen LogP contribution in [0, 0.1) is 0 Å². The SMILES string of the molecule is O=C1C(Cl)=C(Nc2ccc(Cl)c(Cl)c2)C(=O)N1c1cccc2ccccc12. The Morgan fingerprint density at radius 2 is 1.52 bits per heavy atom. The molecule has 0 aromatic heterocycles. The summed E-state index contributed by atoms with van der Waals surface area (Å²) in [5.41, 5.74) is 0.971. The molecule has 134 valence electrons. The first-order valence-corrected chi connectivity index (χ1v) is 9.09. The summed E-state index contributed by atoms with van der Waals surface area (Å²) in [6.45, 7) is 0. The van der Waals surface area contributed by atoms with Crippen molar-refractivity contribution in [3.05, 3.63) is 81.4 Å². The Kier molecular flexibility index (Phi) is 4.56. The van der Waals surface area contributed by atoms with Crippen LogP contribution in [0.1, 0.15) is 0 Å². The van der Waals surface area contributed by atoms with Crippen molar-refractivity contribution in [2.24, 2.45) is 0 Å². The third kappa shape index (κ3) is 3.06. The van der Waals surface area contributed by atoms with Crippen LogP contribution in [0.2, 0.25) is 10.0 Å². The van der Waals surface area contributed by atoms with Gasteiger partial charge in [0.25, 0.3) is 11.8 Å². The molecule has 0 radical (unpaired) electrons. The van der Waals surface area contributed by atoms with Crippen molar-refractivity contribution in [2.75, 3.05) is 10.2 Å². The zero-order chi connectivity index (χ0) is 19.1. The topological polar surface area (TPSA) is 49.4 Å². The highest BCUT2D eigenvalue weighted by Crippen LogP contribution is 2.35. The van der Waals surface area contributed by atoms with Gasteiger partial charge in [-0.1, -0.05) is 71.2 Å². The second kappa shape index (κ2) is 6.89. The van der Waals surface area contributed by atoms with Gasteiger partial charge in [-0.3, -0.25) is 9.59 Å². The number of imide groups is 1. The average Bonchev–Trinajstić information content (AvgIpc) is 2.88. The number of hydrogen-bond acceptors (Lipinski definition) is 3. The van der Waals surface area contributed by atoms with Crippen molar-refractivity contribution in [1.82, 2.24) is 0 Å². The van der Waals surface area contributed by atoms with E-state index in [1.165, 1.54) is 0 Å². The molecule has 0 fully saturated rings. The Morgan fingerprint density at radius 1 is 0.778 bits per heavy atom. The Labute approximate surface area is 169 Å². The van der Waals surface area contributed by atoms with Gasteiger partial charge < -0.3 is 5.32 Å². The molecule has 0 atom stereocenters. The minimum Gasteiger partial charge on any atom is -0.350 e. The van der Waals surface area contributed by atoms with Gasteiger partial charge in [0.2, 0.25) is 0 Å². The highest BCUT2D eigenvalue weighted by molar-refractivity contribution is 6.53. The van der Waals surface area contributed by atoms with Crippen molar-refractivity contribution in [3.63, 3.8) is 0 Å². The van der Waals surface area contributed by atoms with Crippen molar-refractivity contribution >= 4 is 68.8 Å². The minimum absolute atomic E-state index is 0.00649. The minimum atomic E-state index is -0.583. The van der Waals surface area contributed by atoms with Crippen LogP contribution in [0.5, 0.6) is 0 Å². The number of amides is 2. The number of benzene rings is 3. The van der Waals surface area contributed by atoms with Crippen molar-refractivity contribution in [3.8, 4) is 0 Å². The van der Waals surface area contributed by atoms with Gasteiger partial charge >= 0.3 is 0 Å². The lowest BCUT2D eigenvalue weighted by molar-refractivity contribution is -0.120.